The smallest absolute Gasteiger partial charge is 0.254 e. The minimum atomic E-state index is -0.682. The van der Waals surface area contributed by atoms with Crippen LogP contribution in [-0.2, 0) is 0 Å². The van der Waals surface area contributed by atoms with Crippen LogP contribution < -0.4 is 11.1 Å². The van der Waals surface area contributed by atoms with E-state index in [-0.39, 0.29) is 11.3 Å². The Balaban J connectivity index is 2.73. The van der Waals surface area contributed by atoms with E-state index in [4.69, 9.17) is 12.3 Å². The lowest BCUT2D eigenvalue weighted by Gasteiger charge is -2.05. The van der Waals surface area contributed by atoms with E-state index < -0.39 is 11.7 Å². The second kappa shape index (κ2) is 5.83. The number of nitrogens with zero attached hydrogens (tertiary/aromatic N) is 1. The first kappa shape index (κ1) is 12.1. The number of nitrogens with two attached hydrogens (primary N) is 1. The number of hydrogen-bond donors (Lipinski definition) is 2. The Morgan fingerprint density at radius 3 is 2.88 bits per heavy atom. The highest BCUT2D eigenvalue weighted by Gasteiger charge is 2.11. The summed E-state index contributed by atoms with van der Waals surface area (Å²) in [6.07, 6.45) is 0.646. The third-order valence-corrected chi connectivity index (χ3v) is 1.99. The Hall–Kier alpha value is -1.93. The summed E-state index contributed by atoms with van der Waals surface area (Å²) in [5.41, 5.74) is 5.39. The minimum absolute atomic E-state index is 0.0515. The molecule has 0 aliphatic rings. The molecule has 0 fully saturated rings. The molecule has 1 rings (SSSR count). The Morgan fingerprint density at radius 1 is 1.56 bits per heavy atom. The van der Waals surface area contributed by atoms with Crippen molar-refractivity contribution in [2.24, 2.45) is 5.73 Å². The lowest BCUT2D eigenvalue weighted by atomic mass is 10.2. The molecular weight excluding hydrogens is 209 g/mol. The van der Waals surface area contributed by atoms with E-state index in [1.54, 1.807) is 0 Å². The molecule has 5 heteroatoms. The molecule has 0 unspecified atom stereocenters. The van der Waals surface area contributed by atoms with E-state index in [9.17, 15) is 9.18 Å². The van der Waals surface area contributed by atoms with Crippen molar-refractivity contribution in [2.45, 2.75) is 6.42 Å². The number of carbonyl (C=O) groups excluding carboxylic acids is 1. The fourth-order valence-corrected chi connectivity index (χ4v) is 1.16. The second-order valence-electron chi connectivity index (χ2n) is 3.17. The monoisotopic (exact) mass is 221 g/mol. The molecule has 0 atom stereocenters. The van der Waals surface area contributed by atoms with E-state index in [1.807, 2.05) is 0 Å². The lowest BCUT2D eigenvalue weighted by molar-refractivity contribution is 0.0949. The van der Waals surface area contributed by atoms with Crippen LogP contribution in [0.5, 0.6) is 0 Å². The van der Waals surface area contributed by atoms with Gasteiger partial charge in [0.05, 0.1) is 12.1 Å². The molecule has 0 aromatic heterocycles. The maximum Gasteiger partial charge on any atom is 0.254 e. The molecule has 0 bridgehead atoms. The second-order valence-corrected chi connectivity index (χ2v) is 3.17. The lowest BCUT2D eigenvalue weighted by Crippen LogP contribution is -2.26. The first-order valence-electron chi connectivity index (χ1n) is 4.84. The van der Waals surface area contributed by atoms with E-state index in [2.05, 4.69) is 10.2 Å². The van der Waals surface area contributed by atoms with Crippen LogP contribution in [0.25, 0.3) is 4.85 Å². The summed E-state index contributed by atoms with van der Waals surface area (Å²) in [7, 11) is 0. The van der Waals surface area contributed by atoms with E-state index in [0.717, 1.165) is 6.07 Å². The van der Waals surface area contributed by atoms with Crippen LogP contribution in [0.15, 0.2) is 18.2 Å². The molecule has 0 spiro atoms. The third kappa shape index (κ3) is 3.04. The predicted molar refractivity (Wildman–Crippen MR) is 58.7 cm³/mol. The zero-order valence-corrected chi connectivity index (χ0v) is 8.66. The number of benzene rings is 1. The summed E-state index contributed by atoms with van der Waals surface area (Å²) >= 11 is 0. The largest absolute Gasteiger partial charge is 0.352 e. The van der Waals surface area contributed by atoms with Gasteiger partial charge in [0.1, 0.15) is 5.82 Å². The maximum absolute atomic E-state index is 13.4. The van der Waals surface area contributed by atoms with Crippen molar-refractivity contribution in [3.05, 3.63) is 41.0 Å². The van der Waals surface area contributed by atoms with E-state index in [0.29, 0.717) is 19.5 Å². The van der Waals surface area contributed by atoms with Gasteiger partial charge in [-0.2, -0.15) is 0 Å². The number of halogens is 1. The van der Waals surface area contributed by atoms with Gasteiger partial charge in [-0.1, -0.05) is 12.1 Å². The van der Waals surface area contributed by atoms with Gasteiger partial charge in [0.2, 0.25) is 0 Å². The summed E-state index contributed by atoms with van der Waals surface area (Å²) in [6, 6.07) is 3.76. The summed E-state index contributed by atoms with van der Waals surface area (Å²) in [5.74, 6) is -1.17. The first-order valence-corrected chi connectivity index (χ1v) is 4.84. The zero-order chi connectivity index (χ0) is 12.0. The van der Waals surface area contributed by atoms with Crippen LogP contribution in [0.1, 0.15) is 16.8 Å². The van der Waals surface area contributed by atoms with Crippen molar-refractivity contribution < 1.29 is 9.18 Å². The summed E-state index contributed by atoms with van der Waals surface area (Å²) in [5, 5.41) is 2.54. The quantitative estimate of drug-likeness (QED) is 0.597. The van der Waals surface area contributed by atoms with Crippen molar-refractivity contribution in [3.8, 4) is 0 Å². The van der Waals surface area contributed by atoms with E-state index in [1.165, 1.54) is 12.1 Å². The van der Waals surface area contributed by atoms with Crippen molar-refractivity contribution in [1.29, 1.82) is 0 Å². The van der Waals surface area contributed by atoms with Gasteiger partial charge in [-0.05, 0) is 19.0 Å². The number of rotatable bonds is 4. The fourth-order valence-electron chi connectivity index (χ4n) is 1.16. The Bertz CT molecular complexity index is 426. The van der Waals surface area contributed by atoms with Gasteiger partial charge in [-0.25, -0.2) is 9.24 Å². The maximum atomic E-state index is 13.4. The number of carbonyl (C=O) groups is 1. The number of amides is 1. The van der Waals surface area contributed by atoms with Crippen molar-refractivity contribution in [3.63, 3.8) is 0 Å². The van der Waals surface area contributed by atoms with Crippen LogP contribution >= 0.6 is 0 Å². The average Bonchev–Trinajstić information content (AvgIpc) is 2.29. The molecule has 16 heavy (non-hydrogen) atoms. The number of nitrogens with one attached hydrogen (secondary N) is 1. The van der Waals surface area contributed by atoms with Crippen molar-refractivity contribution >= 4 is 11.6 Å². The van der Waals surface area contributed by atoms with Gasteiger partial charge in [0, 0.05) is 6.54 Å². The highest BCUT2D eigenvalue weighted by atomic mass is 19.1. The van der Waals surface area contributed by atoms with Crippen LogP contribution in [0, 0.1) is 12.4 Å². The predicted octanol–water partition coefficient (Wildman–Crippen LogP) is 1.46. The zero-order valence-electron chi connectivity index (χ0n) is 8.66. The van der Waals surface area contributed by atoms with Crippen molar-refractivity contribution in [2.75, 3.05) is 13.1 Å². The molecule has 4 nitrogen and oxygen atoms in total. The Kier molecular flexibility index (Phi) is 4.42. The SMILES string of the molecule is [C-]#[N+]c1ccc(C(=O)NCCCN)c(F)c1. The number of hydrogen-bond acceptors (Lipinski definition) is 2. The molecule has 0 saturated carbocycles. The molecular formula is C11H12FN3O. The molecule has 3 N–H and O–H groups in total. The van der Waals surface area contributed by atoms with Crippen LogP contribution in [0.3, 0.4) is 0 Å². The molecule has 0 heterocycles. The molecule has 1 aromatic carbocycles. The normalized spacial score (nSPS) is 9.56. The van der Waals surface area contributed by atoms with Gasteiger partial charge < -0.3 is 11.1 Å². The average molecular weight is 221 g/mol. The topological polar surface area (TPSA) is 59.5 Å². The molecule has 1 amide bonds. The van der Waals surface area contributed by atoms with Crippen molar-refractivity contribution in [1.82, 2.24) is 5.32 Å². The van der Waals surface area contributed by atoms with Crippen LogP contribution in [-0.4, -0.2) is 19.0 Å². The standard InChI is InChI=1S/C11H12FN3O/c1-14-8-3-4-9(10(12)7-8)11(16)15-6-2-5-13/h3-4,7H,2,5-6,13H2,(H,15,16). The third-order valence-electron chi connectivity index (χ3n) is 1.99. The molecule has 84 valence electrons. The summed E-state index contributed by atoms with van der Waals surface area (Å²) in [4.78, 5) is 14.5. The summed E-state index contributed by atoms with van der Waals surface area (Å²) < 4.78 is 13.4. The summed E-state index contributed by atoms with van der Waals surface area (Å²) in [6.45, 7) is 7.59. The van der Waals surface area contributed by atoms with Crippen LogP contribution in [0.4, 0.5) is 10.1 Å². The first-order chi connectivity index (χ1) is 7.69. The van der Waals surface area contributed by atoms with Gasteiger partial charge >= 0.3 is 0 Å². The molecule has 1 aromatic rings. The van der Waals surface area contributed by atoms with Gasteiger partial charge in [-0.3, -0.25) is 4.79 Å². The van der Waals surface area contributed by atoms with Gasteiger partial charge in [0.25, 0.3) is 5.91 Å². The Labute approximate surface area is 93.1 Å². The molecule has 0 aliphatic carbocycles. The minimum Gasteiger partial charge on any atom is -0.352 e. The van der Waals surface area contributed by atoms with E-state index >= 15 is 0 Å². The highest BCUT2D eigenvalue weighted by Crippen LogP contribution is 2.16. The fraction of sp³-hybridized carbons (Fsp3) is 0.273. The van der Waals surface area contributed by atoms with Gasteiger partial charge in [-0.15, -0.1) is 0 Å². The molecule has 0 aliphatic heterocycles. The van der Waals surface area contributed by atoms with Crippen LogP contribution in [0.2, 0.25) is 0 Å². The Morgan fingerprint density at radius 2 is 2.31 bits per heavy atom. The molecule has 0 saturated heterocycles. The van der Waals surface area contributed by atoms with Gasteiger partial charge in [0.15, 0.2) is 5.69 Å². The highest BCUT2D eigenvalue weighted by molar-refractivity contribution is 5.94. The molecule has 0 radical (unpaired) electrons.